The van der Waals surface area contributed by atoms with Crippen LogP contribution in [0.1, 0.15) is 40.6 Å². The maximum absolute atomic E-state index is 5.58. The maximum atomic E-state index is 5.58. The third kappa shape index (κ3) is 2.84. The standard InChI is InChI=1S/C23H27NO3/c1-13-9-14(2)21-18(10-13)16-7-6-8-17(16)22(24-21)15-11-19(25-3)23(27-5)20(12-15)26-4/h6-7,9-12,16-17,22,24H,8H2,1-5H3. The molecule has 0 bridgehead atoms. The monoisotopic (exact) mass is 365 g/mol. The minimum atomic E-state index is 0.188. The summed E-state index contributed by atoms with van der Waals surface area (Å²) in [6.45, 7) is 4.36. The largest absolute Gasteiger partial charge is 0.493 e. The van der Waals surface area contributed by atoms with Gasteiger partial charge in [-0.1, -0.05) is 29.8 Å². The Morgan fingerprint density at radius 3 is 2.26 bits per heavy atom. The van der Waals surface area contributed by atoms with Crippen LogP contribution in [0.25, 0.3) is 0 Å². The number of anilines is 1. The van der Waals surface area contributed by atoms with Gasteiger partial charge in [0.05, 0.1) is 27.4 Å². The summed E-state index contributed by atoms with van der Waals surface area (Å²) in [5.41, 5.74) is 6.44. The number of hydrogen-bond donors (Lipinski definition) is 1. The Morgan fingerprint density at radius 2 is 1.63 bits per heavy atom. The second-order valence-electron chi connectivity index (χ2n) is 7.48. The highest BCUT2D eigenvalue weighted by atomic mass is 16.5. The van der Waals surface area contributed by atoms with Crippen molar-refractivity contribution in [2.24, 2.45) is 5.92 Å². The lowest BCUT2D eigenvalue weighted by Gasteiger charge is -2.39. The van der Waals surface area contributed by atoms with Crippen LogP contribution in [0.15, 0.2) is 36.4 Å². The Labute approximate surface area is 161 Å². The van der Waals surface area contributed by atoms with Crippen LogP contribution in [-0.2, 0) is 0 Å². The van der Waals surface area contributed by atoms with Crippen molar-refractivity contribution >= 4 is 5.69 Å². The fourth-order valence-electron chi connectivity index (χ4n) is 4.68. The number of allylic oxidation sites excluding steroid dienone is 2. The van der Waals surface area contributed by atoms with Crippen LogP contribution in [0.2, 0.25) is 0 Å². The molecule has 0 amide bonds. The summed E-state index contributed by atoms with van der Waals surface area (Å²) < 4.78 is 16.7. The lowest BCUT2D eigenvalue weighted by molar-refractivity contribution is 0.322. The summed E-state index contributed by atoms with van der Waals surface area (Å²) in [4.78, 5) is 0. The van der Waals surface area contributed by atoms with Gasteiger partial charge in [0, 0.05) is 11.6 Å². The molecular formula is C23H27NO3. The molecule has 0 saturated carbocycles. The molecular weight excluding hydrogens is 338 g/mol. The van der Waals surface area contributed by atoms with E-state index in [2.05, 4.69) is 55.6 Å². The number of fused-ring (bicyclic) bond motifs is 3. The van der Waals surface area contributed by atoms with E-state index in [1.807, 2.05) is 0 Å². The lowest BCUT2D eigenvalue weighted by atomic mass is 9.76. The smallest absolute Gasteiger partial charge is 0.203 e. The van der Waals surface area contributed by atoms with Crippen LogP contribution in [0, 0.1) is 19.8 Å². The normalized spacial score (nSPS) is 22.6. The molecule has 2 aromatic carbocycles. The fraction of sp³-hybridized carbons (Fsp3) is 0.391. The van der Waals surface area contributed by atoms with E-state index in [9.17, 15) is 0 Å². The van der Waals surface area contributed by atoms with E-state index in [-0.39, 0.29) is 6.04 Å². The zero-order chi connectivity index (χ0) is 19.1. The average molecular weight is 365 g/mol. The first kappa shape index (κ1) is 17.8. The van der Waals surface area contributed by atoms with E-state index in [1.54, 1.807) is 21.3 Å². The highest BCUT2D eigenvalue weighted by molar-refractivity contribution is 5.66. The van der Waals surface area contributed by atoms with Crippen LogP contribution in [0.5, 0.6) is 17.2 Å². The molecule has 1 aliphatic carbocycles. The molecule has 1 heterocycles. The van der Waals surface area contributed by atoms with Crippen LogP contribution in [-0.4, -0.2) is 21.3 Å². The van der Waals surface area contributed by atoms with Crippen molar-refractivity contribution in [2.45, 2.75) is 32.2 Å². The molecule has 0 saturated heterocycles. The first-order valence-electron chi connectivity index (χ1n) is 9.41. The zero-order valence-corrected chi connectivity index (χ0v) is 16.6. The number of nitrogens with one attached hydrogen (secondary N) is 1. The molecule has 3 atom stereocenters. The first-order chi connectivity index (χ1) is 13.1. The molecule has 4 nitrogen and oxygen atoms in total. The summed E-state index contributed by atoms with van der Waals surface area (Å²) in [6, 6.07) is 8.91. The Kier molecular flexibility index (Phi) is 4.50. The van der Waals surface area contributed by atoms with Gasteiger partial charge in [0.25, 0.3) is 0 Å². The van der Waals surface area contributed by atoms with Crippen molar-refractivity contribution in [1.82, 2.24) is 0 Å². The van der Waals surface area contributed by atoms with Crippen LogP contribution < -0.4 is 19.5 Å². The fourth-order valence-corrected chi connectivity index (χ4v) is 4.68. The van der Waals surface area contributed by atoms with Gasteiger partial charge in [-0.2, -0.15) is 0 Å². The molecule has 2 aromatic rings. The molecule has 3 unspecified atom stereocenters. The molecule has 0 fully saturated rings. The van der Waals surface area contributed by atoms with Crippen molar-refractivity contribution < 1.29 is 14.2 Å². The summed E-state index contributed by atoms with van der Waals surface area (Å²) in [5.74, 6) is 2.93. The second kappa shape index (κ2) is 6.84. The minimum Gasteiger partial charge on any atom is -0.493 e. The van der Waals surface area contributed by atoms with Crippen molar-refractivity contribution in [3.8, 4) is 17.2 Å². The number of methoxy groups -OCH3 is 3. The number of ether oxygens (including phenoxy) is 3. The molecule has 4 rings (SSSR count). The summed E-state index contributed by atoms with van der Waals surface area (Å²) in [7, 11) is 4.97. The highest BCUT2D eigenvalue weighted by Gasteiger charge is 2.39. The van der Waals surface area contributed by atoms with Crippen molar-refractivity contribution in [3.05, 3.63) is 58.7 Å². The lowest BCUT2D eigenvalue weighted by Crippen LogP contribution is -2.29. The molecule has 27 heavy (non-hydrogen) atoms. The van der Waals surface area contributed by atoms with Crippen molar-refractivity contribution in [1.29, 1.82) is 0 Å². The summed E-state index contributed by atoms with van der Waals surface area (Å²) in [5, 5.41) is 3.83. The van der Waals surface area contributed by atoms with E-state index in [0.717, 1.165) is 12.0 Å². The van der Waals surface area contributed by atoms with E-state index < -0.39 is 0 Å². The second-order valence-corrected chi connectivity index (χ2v) is 7.48. The van der Waals surface area contributed by atoms with E-state index in [0.29, 0.717) is 29.1 Å². The SMILES string of the molecule is COc1cc(C2Nc3c(C)cc(C)cc3C3C=CCC32)cc(OC)c1OC. The molecule has 1 aliphatic heterocycles. The molecule has 1 N–H and O–H groups in total. The number of hydrogen-bond acceptors (Lipinski definition) is 4. The van der Waals surface area contributed by atoms with E-state index >= 15 is 0 Å². The van der Waals surface area contributed by atoms with Gasteiger partial charge in [-0.15, -0.1) is 0 Å². The Bertz CT molecular complexity index is 878. The van der Waals surface area contributed by atoms with Gasteiger partial charge in [0.15, 0.2) is 11.5 Å². The number of aryl methyl sites for hydroxylation is 2. The Balaban J connectivity index is 1.83. The predicted molar refractivity (Wildman–Crippen MR) is 108 cm³/mol. The topological polar surface area (TPSA) is 39.7 Å². The van der Waals surface area contributed by atoms with Gasteiger partial charge >= 0.3 is 0 Å². The number of rotatable bonds is 4. The van der Waals surface area contributed by atoms with Gasteiger partial charge in [0.1, 0.15) is 0 Å². The Morgan fingerprint density at radius 1 is 0.926 bits per heavy atom. The summed E-state index contributed by atoms with van der Waals surface area (Å²) in [6.07, 6.45) is 5.74. The van der Waals surface area contributed by atoms with Crippen LogP contribution in [0.3, 0.4) is 0 Å². The molecule has 4 heteroatoms. The minimum absolute atomic E-state index is 0.188. The van der Waals surface area contributed by atoms with Crippen molar-refractivity contribution in [2.75, 3.05) is 26.6 Å². The third-order valence-electron chi connectivity index (χ3n) is 5.86. The van der Waals surface area contributed by atoms with Gasteiger partial charge in [-0.3, -0.25) is 0 Å². The quantitative estimate of drug-likeness (QED) is 0.760. The number of benzene rings is 2. The van der Waals surface area contributed by atoms with Gasteiger partial charge in [-0.05, 0) is 55.0 Å². The third-order valence-corrected chi connectivity index (χ3v) is 5.86. The first-order valence-corrected chi connectivity index (χ1v) is 9.41. The summed E-state index contributed by atoms with van der Waals surface area (Å²) >= 11 is 0. The van der Waals surface area contributed by atoms with E-state index in [1.165, 1.54) is 22.4 Å². The predicted octanol–water partition coefficient (Wildman–Crippen LogP) is 5.16. The molecule has 2 aliphatic rings. The average Bonchev–Trinajstić information content (AvgIpc) is 3.16. The van der Waals surface area contributed by atoms with E-state index in [4.69, 9.17) is 14.2 Å². The molecule has 142 valence electrons. The van der Waals surface area contributed by atoms with Gasteiger partial charge < -0.3 is 19.5 Å². The highest BCUT2D eigenvalue weighted by Crippen LogP contribution is 2.52. The van der Waals surface area contributed by atoms with Gasteiger partial charge in [-0.25, -0.2) is 0 Å². The van der Waals surface area contributed by atoms with Gasteiger partial charge in [0.2, 0.25) is 5.75 Å². The van der Waals surface area contributed by atoms with Crippen LogP contribution in [0.4, 0.5) is 5.69 Å². The Hall–Kier alpha value is -2.62. The molecule has 0 aromatic heterocycles. The maximum Gasteiger partial charge on any atom is 0.203 e. The van der Waals surface area contributed by atoms with Crippen LogP contribution >= 0.6 is 0 Å². The molecule has 0 radical (unpaired) electrons. The van der Waals surface area contributed by atoms with Crippen molar-refractivity contribution in [3.63, 3.8) is 0 Å². The molecule has 0 spiro atoms. The zero-order valence-electron chi connectivity index (χ0n) is 16.6.